The zero-order valence-electron chi connectivity index (χ0n) is 16.1. The molecule has 1 unspecified atom stereocenters. The van der Waals surface area contributed by atoms with Gasteiger partial charge in [0.25, 0.3) is 0 Å². The number of aryl methyl sites for hydroxylation is 2. The van der Waals surface area contributed by atoms with Crippen molar-refractivity contribution in [1.82, 2.24) is 4.31 Å². The number of nitrogens with zero attached hydrogens (tertiary/aromatic N) is 1. The predicted molar refractivity (Wildman–Crippen MR) is 112 cm³/mol. The van der Waals surface area contributed by atoms with E-state index in [0.29, 0.717) is 24.4 Å². The van der Waals surface area contributed by atoms with Crippen LogP contribution in [0.15, 0.2) is 47.4 Å². The van der Waals surface area contributed by atoms with Gasteiger partial charge in [-0.1, -0.05) is 36.7 Å². The molecule has 0 bridgehead atoms. The monoisotopic (exact) mass is 420 g/mol. The summed E-state index contributed by atoms with van der Waals surface area (Å²) >= 11 is 5.87. The molecule has 1 aliphatic rings. The number of hydrogen-bond acceptors (Lipinski definition) is 3. The van der Waals surface area contributed by atoms with E-state index in [1.54, 1.807) is 12.1 Å². The molecule has 150 valence electrons. The molecule has 0 aliphatic carbocycles. The second kappa shape index (κ2) is 8.64. The molecule has 7 heteroatoms. The second-order valence-electron chi connectivity index (χ2n) is 7.11. The molecule has 28 heavy (non-hydrogen) atoms. The lowest BCUT2D eigenvalue weighted by molar-refractivity contribution is -0.120. The van der Waals surface area contributed by atoms with E-state index in [-0.39, 0.29) is 23.3 Å². The molecule has 2 aromatic carbocycles. The summed E-state index contributed by atoms with van der Waals surface area (Å²) in [5, 5.41) is 3.53. The van der Waals surface area contributed by atoms with E-state index in [2.05, 4.69) is 5.32 Å². The van der Waals surface area contributed by atoms with Crippen LogP contribution >= 0.6 is 11.6 Å². The van der Waals surface area contributed by atoms with E-state index in [4.69, 9.17) is 11.6 Å². The van der Waals surface area contributed by atoms with Crippen LogP contribution < -0.4 is 5.32 Å². The van der Waals surface area contributed by atoms with Crippen LogP contribution in [0.3, 0.4) is 0 Å². The summed E-state index contributed by atoms with van der Waals surface area (Å²) in [5.74, 6) is -0.500. The number of hydrogen-bond donors (Lipinski definition) is 1. The minimum absolute atomic E-state index is 0.125. The van der Waals surface area contributed by atoms with Crippen molar-refractivity contribution in [1.29, 1.82) is 0 Å². The number of amides is 1. The standard InChI is InChI=1S/C21H25ClN2O3S/c1-3-16-7-4-6-15(2)20(16)23-21(25)17-8-5-13-24(14-17)28(26,27)19-11-9-18(22)10-12-19/h4,6-7,9-12,17H,3,5,8,13-14H2,1-2H3,(H,23,25). The fourth-order valence-electron chi connectivity index (χ4n) is 3.56. The highest BCUT2D eigenvalue weighted by Gasteiger charge is 2.33. The largest absolute Gasteiger partial charge is 0.325 e. The van der Waals surface area contributed by atoms with E-state index < -0.39 is 10.0 Å². The minimum Gasteiger partial charge on any atom is -0.325 e. The Bertz CT molecular complexity index is 958. The molecule has 0 spiro atoms. The first-order chi connectivity index (χ1) is 13.3. The molecule has 0 aromatic heterocycles. The van der Waals surface area contributed by atoms with Crippen molar-refractivity contribution in [2.24, 2.45) is 5.92 Å². The third kappa shape index (κ3) is 4.40. The van der Waals surface area contributed by atoms with Gasteiger partial charge in [-0.2, -0.15) is 4.31 Å². The molecule has 1 amide bonds. The summed E-state index contributed by atoms with van der Waals surface area (Å²) in [6, 6.07) is 12.1. The number of nitrogens with one attached hydrogen (secondary N) is 1. The van der Waals surface area contributed by atoms with Gasteiger partial charge in [-0.25, -0.2) is 8.42 Å². The Kier molecular flexibility index (Phi) is 6.43. The van der Waals surface area contributed by atoms with Crippen LogP contribution in [0.1, 0.15) is 30.9 Å². The average molecular weight is 421 g/mol. The van der Waals surface area contributed by atoms with Gasteiger partial charge < -0.3 is 5.32 Å². The normalized spacial score (nSPS) is 18.0. The van der Waals surface area contributed by atoms with Crippen LogP contribution in [0.2, 0.25) is 5.02 Å². The lowest BCUT2D eigenvalue weighted by atomic mass is 9.98. The molecule has 1 aliphatic heterocycles. The maximum Gasteiger partial charge on any atom is 0.243 e. The summed E-state index contributed by atoms with van der Waals surface area (Å²) in [6.45, 7) is 4.61. The molecule has 1 N–H and O–H groups in total. The number of piperidine rings is 1. The highest BCUT2D eigenvalue weighted by atomic mass is 35.5. The van der Waals surface area contributed by atoms with Crippen LogP contribution in [0.5, 0.6) is 0 Å². The Hall–Kier alpha value is -1.89. The number of rotatable bonds is 5. The molecule has 0 radical (unpaired) electrons. The predicted octanol–water partition coefficient (Wildman–Crippen LogP) is 4.25. The van der Waals surface area contributed by atoms with Crippen molar-refractivity contribution in [2.45, 2.75) is 38.0 Å². The highest BCUT2D eigenvalue weighted by molar-refractivity contribution is 7.89. The Morgan fingerprint density at radius 1 is 1.21 bits per heavy atom. The third-order valence-electron chi connectivity index (χ3n) is 5.19. The number of anilines is 1. The molecule has 1 atom stereocenters. The first-order valence-electron chi connectivity index (χ1n) is 9.48. The molecule has 0 saturated carbocycles. The molecular weight excluding hydrogens is 396 g/mol. The Morgan fingerprint density at radius 2 is 1.93 bits per heavy atom. The van der Waals surface area contributed by atoms with Crippen molar-refractivity contribution >= 4 is 33.2 Å². The molecule has 1 saturated heterocycles. The van der Waals surface area contributed by atoms with Gasteiger partial charge in [0.15, 0.2) is 0 Å². The van der Waals surface area contributed by atoms with Crippen molar-refractivity contribution < 1.29 is 13.2 Å². The quantitative estimate of drug-likeness (QED) is 0.786. The van der Waals surface area contributed by atoms with Gasteiger partial charge in [-0.05, 0) is 61.6 Å². The maximum atomic E-state index is 12.9. The van der Waals surface area contributed by atoms with Gasteiger partial charge in [0.2, 0.25) is 15.9 Å². The van der Waals surface area contributed by atoms with Gasteiger partial charge in [-0.3, -0.25) is 4.79 Å². The van der Waals surface area contributed by atoms with Gasteiger partial charge in [0.05, 0.1) is 10.8 Å². The van der Waals surface area contributed by atoms with Crippen LogP contribution in [-0.4, -0.2) is 31.7 Å². The molecule has 1 fully saturated rings. The lowest BCUT2D eigenvalue weighted by Gasteiger charge is -2.31. The van der Waals surface area contributed by atoms with E-state index in [0.717, 1.165) is 23.2 Å². The smallest absolute Gasteiger partial charge is 0.243 e. The summed E-state index contributed by atoms with van der Waals surface area (Å²) in [5.41, 5.74) is 2.93. The highest BCUT2D eigenvalue weighted by Crippen LogP contribution is 2.27. The summed E-state index contributed by atoms with van der Waals surface area (Å²) in [6.07, 6.45) is 2.14. The maximum absolute atomic E-state index is 12.9. The number of para-hydroxylation sites is 1. The number of benzene rings is 2. The zero-order chi connectivity index (χ0) is 20.3. The third-order valence-corrected chi connectivity index (χ3v) is 7.33. The van der Waals surface area contributed by atoms with E-state index in [1.165, 1.54) is 16.4 Å². The topological polar surface area (TPSA) is 66.5 Å². The van der Waals surface area contributed by atoms with Crippen molar-refractivity contribution in [3.8, 4) is 0 Å². The van der Waals surface area contributed by atoms with Crippen molar-refractivity contribution in [2.75, 3.05) is 18.4 Å². The molecule has 1 heterocycles. The zero-order valence-corrected chi connectivity index (χ0v) is 17.7. The van der Waals surface area contributed by atoms with Crippen LogP contribution in [-0.2, 0) is 21.2 Å². The number of sulfonamides is 1. The Morgan fingerprint density at radius 3 is 2.61 bits per heavy atom. The van der Waals surface area contributed by atoms with E-state index in [1.807, 2.05) is 32.0 Å². The molecule has 2 aromatic rings. The first-order valence-corrected chi connectivity index (χ1v) is 11.3. The molecule has 3 rings (SSSR count). The number of carbonyl (C=O) groups excluding carboxylic acids is 1. The fraction of sp³-hybridized carbons (Fsp3) is 0.381. The average Bonchev–Trinajstić information content (AvgIpc) is 2.70. The van der Waals surface area contributed by atoms with Gasteiger partial charge in [0, 0.05) is 23.8 Å². The Labute approximate surface area is 171 Å². The van der Waals surface area contributed by atoms with Crippen molar-refractivity contribution in [3.63, 3.8) is 0 Å². The van der Waals surface area contributed by atoms with Crippen LogP contribution in [0, 0.1) is 12.8 Å². The van der Waals surface area contributed by atoms with Gasteiger partial charge in [0.1, 0.15) is 0 Å². The molecule has 5 nitrogen and oxygen atoms in total. The van der Waals surface area contributed by atoms with E-state index >= 15 is 0 Å². The second-order valence-corrected chi connectivity index (χ2v) is 9.48. The van der Waals surface area contributed by atoms with Crippen LogP contribution in [0.4, 0.5) is 5.69 Å². The van der Waals surface area contributed by atoms with Gasteiger partial charge >= 0.3 is 0 Å². The molecular formula is C21H25ClN2O3S. The van der Waals surface area contributed by atoms with Crippen molar-refractivity contribution in [3.05, 3.63) is 58.6 Å². The van der Waals surface area contributed by atoms with Crippen LogP contribution in [0.25, 0.3) is 0 Å². The fourth-order valence-corrected chi connectivity index (χ4v) is 5.21. The summed E-state index contributed by atoms with van der Waals surface area (Å²) in [7, 11) is -3.64. The summed E-state index contributed by atoms with van der Waals surface area (Å²) < 4.78 is 27.3. The van der Waals surface area contributed by atoms with E-state index in [9.17, 15) is 13.2 Å². The SMILES string of the molecule is CCc1cccc(C)c1NC(=O)C1CCCN(S(=O)(=O)c2ccc(Cl)cc2)C1. The van der Waals surface area contributed by atoms with Gasteiger partial charge in [-0.15, -0.1) is 0 Å². The Balaban J connectivity index is 1.76. The minimum atomic E-state index is -3.64. The number of carbonyl (C=O) groups is 1. The summed E-state index contributed by atoms with van der Waals surface area (Å²) in [4.78, 5) is 13.1. The number of halogens is 1. The lowest BCUT2D eigenvalue weighted by Crippen LogP contribution is -2.43. The first kappa shape index (κ1) is 20.8.